The summed E-state index contributed by atoms with van der Waals surface area (Å²) in [7, 11) is -1.46. The first-order valence-electron chi connectivity index (χ1n) is 7.71. The second kappa shape index (κ2) is 7.06. The Balaban J connectivity index is 1.62. The molecule has 2 N–H and O–H groups in total. The molecule has 1 aliphatic rings. The molecule has 0 radical (unpaired) electrons. The lowest BCUT2D eigenvalue weighted by molar-refractivity contribution is 0.0935. The van der Waals surface area contributed by atoms with Gasteiger partial charge in [-0.3, -0.25) is 4.79 Å². The highest BCUT2D eigenvalue weighted by Gasteiger charge is 2.29. The van der Waals surface area contributed by atoms with Crippen LogP contribution in [0.1, 0.15) is 16.9 Å². The van der Waals surface area contributed by atoms with E-state index in [9.17, 15) is 13.2 Å². The molecule has 9 heteroatoms. The van der Waals surface area contributed by atoms with Gasteiger partial charge in [0.05, 0.1) is 18.6 Å². The van der Waals surface area contributed by atoms with Crippen molar-refractivity contribution in [2.75, 3.05) is 23.9 Å². The lowest BCUT2D eigenvalue weighted by Crippen LogP contribution is -2.36. The smallest absolute Gasteiger partial charge is 0.272 e. The predicted octanol–water partition coefficient (Wildman–Crippen LogP) is 1.15. The summed E-state index contributed by atoms with van der Waals surface area (Å²) < 4.78 is 28.0. The zero-order valence-corrected chi connectivity index (χ0v) is 14.4. The number of nitrogens with zero attached hydrogens (tertiary/aromatic N) is 2. The van der Waals surface area contributed by atoms with Gasteiger partial charge < -0.3 is 15.4 Å². The van der Waals surface area contributed by atoms with Crippen LogP contribution >= 0.6 is 0 Å². The number of rotatable bonds is 5. The van der Waals surface area contributed by atoms with Crippen LogP contribution in [0.4, 0.5) is 11.5 Å². The topological polar surface area (TPSA) is 110 Å². The summed E-state index contributed by atoms with van der Waals surface area (Å²) in [5, 5.41) is 13.6. The van der Waals surface area contributed by atoms with Crippen LogP contribution in [-0.4, -0.2) is 49.2 Å². The molecule has 1 aliphatic heterocycles. The molecule has 1 aromatic carbocycles. The molecule has 0 aliphatic carbocycles. The third kappa shape index (κ3) is 4.44. The number of carbonyl (C=O) groups is 1. The molecule has 1 fully saturated rings. The van der Waals surface area contributed by atoms with Gasteiger partial charge in [-0.1, -0.05) is 6.07 Å². The molecule has 3 rings (SSSR count). The molecule has 0 saturated carbocycles. The van der Waals surface area contributed by atoms with Crippen LogP contribution in [0.3, 0.4) is 0 Å². The molecule has 25 heavy (non-hydrogen) atoms. The van der Waals surface area contributed by atoms with Crippen molar-refractivity contribution >= 4 is 27.2 Å². The van der Waals surface area contributed by atoms with Crippen LogP contribution in [0.15, 0.2) is 36.4 Å². The average Bonchev–Trinajstić information content (AvgIpc) is 2.94. The van der Waals surface area contributed by atoms with Crippen molar-refractivity contribution in [2.45, 2.75) is 12.5 Å². The number of sulfone groups is 1. The molecule has 2 heterocycles. The zero-order chi connectivity index (χ0) is 17.9. The van der Waals surface area contributed by atoms with Gasteiger partial charge >= 0.3 is 0 Å². The van der Waals surface area contributed by atoms with Crippen LogP contribution in [0.2, 0.25) is 0 Å². The Labute approximate surface area is 145 Å². The fourth-order valence-corrected chi connectivity index (χ4v) is 4.21. The first kappa shape index (κ1) is 17.2. The van der Waals surface area contributed by atoms with E-state index in [2.05, 4.69) is 20.8 Å². The van der Waals surface area contributed by atoms with Gasteiger partial charge in [-0.15, -0.1) is 10.2 Å². The van der Waals surface area contributed by atoms with E-state index in [4.69, 9.17) is 4.74 Å². The lowest BCUT2D eigenvalue weighted by atomic mass is 10.2. The SMILES string of the molecule is COc1cccc(Nc2ccc(C(=O)NC3CCS(=O)(=O)C3)nn2)c1. The molecule has 1 aromatic heterocycles. The molecular formula is C16H18N4O4S. The number of methoxy groups -OCH3 is 1. The van der Waals surface area contributed by atoms with E-state index in [1.54, 1.807) is 13.2 Å². The van der Waals surface area contributed by atoms with Crippen molar-refractivity contribution < 1.29 is 17.9 Å². The third-order valence-electron chi connectivity index (χ3n) is 3.81. The summed E-state index contributed by atoms with van der Waals surface area (Å²) in [6.07, 6.45) is 0.428. The maximum absolute atomic E-state index is 12.1. The molecule has 0 spiro atoms. The first-order valence-corrected chi connectivity index (χ1v) is 9.53. The summed E-state index contributed by atoms with van der Waals surface area (Å²) in [6.45, 7) is 0. The maximum Gasteiger partial charge on any atom is 0.272 e. The van der Waals surface area contributed by atoms with Gasteiger partial charge in [0.1, 0.15) is 5.75 Å². The first-order chi connectivity index (χ1) is 11.9. The van der Waals surface area contributed by atoms with Gasteiger partial charge in [0.2, 0.25) is 0 Å². The minimum Gasteiger partial charge on any atom is -0.497 e. The van der Waals surface area contributed by atoms with Crippen molar-refractivity contribution in [3.8, 4) is 5.75 Å². The van der Waals surface area contributed by atoms with E-state index in [0.29, 0.717) is 18.0 Å². The Hall–Kier alpha value is -2.68. The largest absolute Gasteiger partial charge is 0.497 e. The number of carbonyl (C=O) groups excluding carboxylic acids is 1. The van der Waals surface area contributed by atoms with Crippen LogP contribution in [0, 0.1) is 0 Å². The molecule has 1 unspecified atom stereocenters. The molecule has 1 saturated heterocycles. The highest BCUT2D eigenvalue weighted by molar-refractivity contribution is 7.91. The van der Waals surface area contributed by atoms with Gasteiger partial charge in [0, 0.05) is 17.8 Å². The number of aromatic nitrogens is 2. The normalized spacial score (nSPS) is 18.5. The number of amides is 1. The predicted molar refractivity (Wildman–Crippen MR) is 92.8 cm³/mol. The Morgan fingerprint density at radius 1 is 1.24 bits per heavy atom. The van der Waals surface area contributed by atoms with Crippen molar-refractivity contribution in [3.05, 3.63) is 42.1 Å². The van der Waals surface area contributed by atoms with Gasteiger partial charge in [-0.2, -0.15) is 0 Å². The minimum absolute atomic E-state index is 0.0261. The number of ether oxygens (including phenoxy) is 1. The van der Waals surface area contributed by atoms with E-state index in [1.807, 2.05) is 24.3 Å². The van der Waals surface area contributed by atoms with Gasteiger partial charge in [0.15, 0.2) is 21.3 Å². The van der Waals surface area contributed by atoms with Crippen LogP contribution < -0.4 is 15.4 Å². The van der Waals surface area contributed by atoms with E-state index in [0.717, 1.165) is 5.69 Å². The fourth-order valence-electron chi connectivity index (χ4n) is 2.54. The summed E-state index contributed by atoms with van der Waals surface area (Å²) in [6, 6.07) is 10.1. The van der Waals surface area contributed by atoms with Crippen molar-refractivity contribution in [1.82, 2.24) is 15.5 Å². The van der Waals surface area contributed by atoms with E-state index < -0.39 is 15.7 Å². The van der Waals surface area contributed by atoms with E-state index >= 15 is 0 Å². The average molecular weight is 362 g/mol. The Morgan fingerprint density at radius 2 is 2.08 bits per heavy atom. The number of nitrogens with one attached hydrogen (secondary N) is 2. The maximum atomic E-state index is 12.1. The molecule has 132 valence electrons. The monoisotopic (exact) mass is 362 g/mol. The summed E-state index contributed by atoms with van der Waals surface area (Å²) in [4.78, 5) is 12.1. The molecule has 1 amide bonds. The van der Waals surface area contributed by atoms with Crippen LogP contribution in [0.5, 0.6) is 5.75 Å². The Bertz CT molecular complexity index is 868. The number of anilines is 2. The standard InChI is InChI=1S/C16H18N4O4S/c1-24-13-4-2-3-11(9-13)17-15-6-5-14(19-20-15)16(21)18-12-7-8-25(22,23)10-12/h2-6,9,12H,7-8,10H2,1H3,(H,17,20)(H,18,21). The highest BCUT2D eigenvalue weighted by Crippen LogP contribution is 2.20. The number of hydrogen-bond acceptors (Lipinski definition) is 7. The molecule has 8 nitrogen and oxygen atoms in total. The fraction of sp³-hybridized carbons (Fsp3) is 0.312. The quantitative estimate of drug-likeness (QED) is 0.821. The molecule has 2 aromatic rings. The van der Waals surface area contributed by atoms with E-state index in [-0.39, 0.29) is 23.2 Å². The van der Waals surface area contributed by atoms with Gasteiger partial charge in [-0.05, 0) is 30.7 Å². The van der Waals surface area contributed by atoms with Crippen LogP contribution in [-0.2, 0) is 9.84 Å². The van der Waals surface area contributed by atoms with Crippen molar-refractivity contribution in [2.24, 2.45) is 0 Å². The molecular weight excluding hydrogens is 344 g/mol. The highest BCUT2D eigenvalue weighted by atomic mass is 32.2. The second-order valence-electron chi connectivity index (χ2n) is 5.73. The lowest BCUT2D eigenvalue weighted by Gasteiger charge is -2.10. The molecule has 1 atom stereocenters. The van der Waals surface area contributed by atoms with Gasteiger partial charge in [-0.25, -0.2) is 8.42 Å². The van der Waals surface area contributed by atoms with Crippen molar-refractivity contribution in [1.29, 1.82) is 0 Å². The summed E-state index contributed by atoms with van der Waals surface area (Å²) >= 11 is 0. The summed E-state index contributed by atoms with van der Waals surface area (Å²) in [5.41, 5.74) is 0.919. The minimum atomic E-state index is -3.04. The number of hydrogen-bond donors (Lipinski definition) is 2. The third-order valence-corrected chi connectivity index (χ3v) is 5.57. The Kier molecular flexibility index (Phi) is 4.84. The zero-order valence-electron chi connectivity index (χ0n) is 13.6. The second-order valence-corrected chi connectivity index (χ2v) is 7.96. The number of benzene rings is 1. The Morgan fingerprint density at radius 3 is 2.72 bits per heavy atom. The van der Waals surface area contributed by atoms with Crippen molar-refractivity contribution in [3.63, 3.8) is 0 Å². The van der Waals surface area contributed by atoms with Gasteiger partial charge in [0.25, 0.3) is 5.91 Å². The molecule has 0 bridgehead atoms. The van der Waals surface area contributed by atoms with E-state index in [1.165, 1.54) is 6.07 Å². The van der Waals surface area contributed by atoms with Crippen LogP contribution in [0.25, 0.3) is 0 Å². The summed E-state index contributed by atoms with van der Waals surface area (Å²) in [5.74, 6) is 0.838.